The largest absolute Gasteiger partial charge is 0.453 e. The van der Waals surface area contributed by atoms with E-state index in [0.717, 1.165) is 6.42 Å². The number of fused-ring (bicyclic) bond motifs is 1. The van der Waals surface area contributed by atoms with Gasteiger partial charge in [-0.2, -0.15) is 0 Å². The fraction of sp³-hybridized carbons (Fsp3) is 0.455. The first-order valence-electron chi connectivity index (χ1n) is 10.5. The molecule has 0 radical (unpaired) electrons. The normalized spacial score (nSPS) is 15.1. The van der Waals surface area contributed by atoms with Gasteiger partial charge in [0.1, 0.15) is 11.9 Å². The first-order valence-corrected chi connectivity index (χ1v) is 10.5. The van der Waals surface area contributed by atoms with Gasteiger partial charge in [-0.25, -0.2) is 9.59 Å². The van der Waals surface area contributed by atoms with Gasteiger partial charge >= 0.3 is 11.7 Å². The molecule has 0 bridgehead atoms. The Bertz CT molecular complexity index is 1100. The second kappa shape index (κ2) is 9.20. The van der Waals surface area contributed by atoms with Crippen molar-refractivity contribution in [1.82, 2.24) is 9.55 Å². The van der Waals surface area contributed by atoms with E-state index in [1.807, 2.05) is 20.8 Å². The average molecular weight is 428 g/mol. The Morgan fingerprint density at radius 2 is 1.97 bits per heavy atom. The standard InChI is InChI=1S/C22H28N4O5/c1-4-5-10-25(18-19(23)26(12-13(2)3)22(30)24-20(18)28)17(27)11-16-14-8-6-7-9-15(14)21(29)31-16/h6-9,13,16H,4-5,10-12,23H2,1-3H3,(H,24,28,30)/t16-/m1/s1. The maximum absolute atomic E-state index is 13.3. The molecule has 31 heavy (non-hydrogen) atoms. The topological polar surface area (TPSA) is 127 Å². The summed E-state index contributed by atoms with van der Waals surface area (Å²) in [5, 5.41) is 0. The number of benzene rings is 1. The van der Waals surface area contributed by atoms with Gasteiger partial charge in [0.05, 0.1) is 12.0 Å². The Morgan fingerprint density at radius 3 is 2.65 bits per heavy atom. The number of nitrogens with two attached hydrogens (primary N) is 1. The lowest BCUT2D eigenvalue weighted by Gasteiger charge is -2.26. The van der Waals surface area contributed by atoms with Crippen molar-refractivity contribution in [2.75, 3.05) is 17.2 Å². The minimum Gasteiger partial charge on any atom is -0.453 e. The maximum Gasteiger partial charge on any atom is 0.339 e. The van der Waals surface area contributed by atoms with Gasteiger partial charge in [-0.3, -0.25) is 19.1 Å². The molecule has 0 fully saturated rings. The SMILES string of the molecule is CCCCN(C(=O)C[C@H]1OC(=O)c2ccccc21)c1c(N)n(CC(C)C)c(=O)[nH]c1=O. The predicted molar refractivity (Wildman–Crippen MR) is 117 cm³/mol. The number of aromatic amines is 1. The van der Waals surface area contributed by atoms with Gasteiger partial charge in [0.25, 0.3) is 5.56 Å². The summed E-state index contributed by atoms with van der Waals surface area (Å²) in [6, 6.07) is 6.91. The first kappa shape index (κ1) is 22.3. The van der Waals surface area contributed by atoms with Crippen LogP contribution in [0.3, 0.4) is 0 Å². The highest BCUT2D eigenvalue weighted by Crippen LogP contribution is 2.34. The van der Waals surface area contributed by atoms with Crippen LogP contribution in [0.25, 0.3) is 0 Å². The van der Waals surface area contributed by atoms with Crippen molar-refractivity contribution in [2.45, 2.75) is 52.7 Å². The van der Waals surface area contributed by atoms with Gasteiger partial charge in [0.15, 0.2) is 5.69 Å². The number of esters is 1. The number of ether oxygens (including phenoxy) is 1. The van der Waals surface area contributed by atoms with Crippen molar-refractivity contribution in [3.63, 3.8) is 0 Å². The fourth-order valence-corrected chi connectivity index (χ4v) is 3.70. The van der Waals surface area contributed by atoms with Crippen LogP contribution in [-0.4, -0.2) is 28.0 Å². The summed E-state index contributed by atoms with van der Waals surface area (Å²) in [7, 11) is 0. The number of nitrogens with zero attached hydrogens (tertiary/aromatic N) is 2. The van der Waals surface area contributed by atoms with Gasteiger partial charge in [-0.05, 0) is 18.4 Å². The predicted octanol–water partition coefficient (Wildman–Crippen LogP) is 2.21. The molecule has 0 aliphatic carbocycles. The van der Waals surface area contributed by atoms with Crippen molar-refractivity contribution in [2.24, 2.45) is 5.92 Å². The molecule has 3 N–H and O–H groups in total. The first-order chi connectivity index (χ1) is 14.7. The molecule has 2 heterocycles. The summed E-state index contributed by atoms with van der Waals surface area (Å²) in [5.74, 6) is -0.824. The number of carbonyl (C=O) groups excluding carboxylic acids is 2. The average Bonchev–Trinajstić information content (AvgIpc) is 3.03. The highest BCUT2D eigenvalue weighted by atomic mass is 16.5. The summed E-state index contributed by atoms with van der Waals surface area (Å²) < 4.78 is 6.67. The van der Waals surface area contributed by atoms with Crippen LogP contribution < -0.4 is 21.9 Å². The van der Waals surface area contributed by atoms with E-state index in [1.165, 1.54) is 9.47 Å². The van der Waals surface area contributed by atoms with E-state index in [-0.39, 0.29) is 30.4 Å². The Balaban J connectivity index is 1.98. The molecule has 0 spiro atoms. The Labute approximate surface area is 179 Å². The Kier molecular flexibility index (Phi) is 6.62. The second-order valence-electron chi connectivity index (χ2n) is 8.08. The lowest BCUT2D eigenvalue weighted by Crippen LogP contribution is -2.42. The zero-order valence-electron chi connectivity index (χ0n) is 18.0. The highest BCUT2D eigenvalue weighted by molar-refractivity contribution is 5.98. The smallest absolute Gasteiger partial charge is 0.339 e. The number of rotatable bonds is 8. The van der Waals surface area contributed by atoms with Gasteiger partial charge in [0, 0.05) is 18.7 Å². The Morgan fingerprint density at radius 1 is 1.26 bits per heavy atom. The number of cyclic esters (lactones) is 1. The number of unbranched alkanes of at least 4 members (excludes halogenated alkanes) is 1. The van der Waals surface area contributed by atoms with Gasteiger partial charge in [-0.1, -0.05) is 45.4 Å². The fourth-order valence-electron chi connectivity index (χ4n) is 3.70. The van der Waals surface area contributed by atoms with Crippen molar-refractivity contribution < 1.29 is 14.3 Å². The zero-order valence-corrected chi connectivity index (χ0v) is 18.0. The van der Waals surface area contributed by atoms with Crippen LogP contribution in [0.1, 0.15) is 62.1 Å². The molecule has 1 amide bonds. The van der Waals surface area contributed by atoms with Crippen LogP contribution >= 0.6 is 0 Å². The van der Waals surface area contributed by atoms with Crippen molar-refractivity contribution in [1.29, 1.82) is 0 Å². The minimum atomic E-state index is -0.734. The van der Waals surface area contributed by atoms with E-state index < -0.39 is 29.2 Å². The van der Waals surface area contributed by atoms with Crippen molar-refractivity contribution in [3.05, 3.63) is 56.2 Å². The zero-order chi connectivity index (χ0) is 22.7. The number of aromatic nitrogens is 2. The van der Waals surface area contributed by atoms with Crippen LogP contribution in [0.4, 0.5) is 11.5 Å². The highest BCUT2D eigenvalue weighted by Gasteiger charge is 2.34. The lowest BCUT2D eigenvalue weighted by molar-refractivity contribution is -0.120. The molecule has 0 saturated carbocycles. The van der Waals surface area contributed by atoms with E-state index >= 15 is 0 Å². The van der Waals surface area contributed by atoms with Crippen LogP contribution in [-0.2, 0) is 16.1 Å². The monoisotopic (exact) mass is 428 g/mol. The summed E-state index contributed by atoms with van der Waals surface area (Å²) in [6.07, 6.45) is 0.556. The third kappa shape index (κ3) is 4.55. The molecule has 1 aliphatic rings. The molecule has 1 aromatic heterocycles. The third-order valence-corrected chi connectivity index (χ3v) is 5.20. The summed E-state index contributed by atoms with van der Waals surface area (Å²) in [6.45, 7) is 6.36. The van der Waals surface area contributed by atoms with Crippen LogP contribution in [0.5, 0.6) is 0 Å². The molecule has 0 saturated heterocycles. The molecule has 166 valence electrons. The van der Waals surface area contributed by atoms with Gasteiger partial charge < -0.3 is 15.4 Å². The molecule has 1 aromatic carbocycles. The number of nitrogen functional groups attached to an aromatic ring is 1. The van der Waals surface area contributed by atoms with E-state index in [2.05, 4.69) is 4.98 Å². The number of H-pyrrole nitrogens is 1. The number of anilines is 2. The molecular formula is C22H28N4O5. The molecule has 9 heteroatoms. The number of amides is 1. The number of hydrogen-bond donors (Lipinski definition) is 2. The molecule has 9 nitrogen and oxygen atoms in total. The van der Waals surface area contributed by atoms with Crippen LogP contribution in [0.15, 0.2) is 33.9 Å². The van der Waals surface area contributed by atoms with E-state index in [0.29, 0.717) is 24.1 Å². The summed E-state index contributed by atoms with van der Waals surface area (Å²) >= 11 is 0. The van der Waals surface area contributed by atoms with Gasteiger partial charge in [0.2, 0.25) is 5.91 Å². The molecular weight excluding hydrogens is 400 g/mol. The van der Waals surface area contributed by atoms with E-state index in [9.17, 15) is 19.2 Å². The van der Waals surface area contributed by atoms with Crippen molar-refractivity contribution >= 4 is 23.4 Å². The quantitative estimate of drug-likeness (QED) is 0.621. The number of nitrogens with one attached hydrogen (secondary N) is 1. The third-order valence-electron chi connectivity index (χ3n) is 5.20. The summed E-state index contributed by atoms with van der Waals surface area (Å²) in [4.78, 5) is 53.9. The van der Waals surface area contributed by atoms with E-state index in [1.54, 1.807) is 24.3 Å². The lowest BCUT2D eigenvalue weighted by atomic mass is 10.0. The molecule has 1 aliphatic heterocycles. The van der Waals surface area contributed by atoms with Crippen LogP contribution in [0, 0.1) is 5.92 Å². The maximum atomic E-state index is 13.3. The van der Waals surface area contributed by atoms with Gasteiger partial charge in [-0.15, -0.1) is 0 Å². The molecule has 1 atom stereocenters. The van der Waals surface area contributed by atoms with Crippen LogP contribution in [0.2, 0.25) is 0 Å². The second-order valence-corrected chi connectivity index (χ2v) is 8.08. The Hall–Kier alpha value is -3.36. The molecule has 2 aromatic rings. The van der Waals surface area contributed by atoms with E-state index in [4.69, 9.17) is 10.5 Å². The van der Waals surface area contributed by atoms with Crippen molar-refractivity contribution in [3.8, 4) is 0 Å². The minimum absolute atomic E-state index is 0.0451. The molecule has 0 unspecified atom stereocenters. The molecule has 3 rings (SSSR count). The number of hydrogen-bond acceptors (Lipinski definition) is 6. The number of carbonyl (C=O) groups is 2. The summed E-state index contributed by atoms with van der Waals surface area (Å²) in [5.41, 5.74) is 5.92.